The molecule has 0 aromatic carbocycles. The van der Waals surface area contributed by atoms with Crippen molar-refractivity contribution in [2.24, 2.45) is 5.92 Å². The predicted octanol–water partition coefficient (Wildman–Crippen LogP) is 1.41. The monoisotopic (exact) mass is 287 g/mol. The summed E-state index contributed by atoms with van der Waals surface area (Å²) >= 11 is 0. The van der Waals surface area contributed by atoms with E-state index >= 15 is 0 Å². The van der Waals surface area contributed by atoms with Crippen molar-refractivity contribution < 1.29 is 9.59 Å². The van der Waals surface area contributed by atoms with Gasteiger partial charge in [0.05, 0.1) is 12.2 Å². The lowest BCUT2D eigenvalue weighted by Crippen LogP contribution is -2.69. The molecule has 1 aromatic heterocycles. The van der Waals surface area contributed by atoms with Gasteiger partial charge in [0, 0.05) is 5.69 Å². The van der Waals surface area contributed by atoms with Crippen LogP contribution in [-0.2, 0) is 16.1 Å². The molecule has 2 amide bonds. The summed E-state index contributed by atoms with van der Waals surface area (Å²) in [6.07, 6.45) is 2.01. The number of pyridine rings is 1. The van der Waals surface area contributed by atoms with E-state index in [4.69, 9.17) is 0 Å². The Bertz CT molecular complexity index is 597. The van der Waals surface area contributed by atoms with Gasteiger partial charge in [0.2, 0.25) is 11.8 Å². The fraction of sp³-hybridized carbons (Fsp3) is 0.562. The first kappa shape index (κ1) is 14.0. The van der Waals surface area contributed by atoms with Crippen LogP contribution in [0.2, 0.25) is 0 Å². The Balaban J connectivity index is 1.87. The number of aromatic nitrogens is 1. The van der Waals surface area contributed by atoms with Gasteiger partial charge in [-0.1, -0.05) is 6.07 Å². The van der Waals surface area contributed by atoms with E-state index in [2.05, 4.69) is 10.3 Å². The summed E-state index contributed by atoms with van der Waals surface area (Å²) in [4.78, 5) is 31.2. The van der Waals surface area contributed by atoms with Crippen molar-refractivity contribution in [1.29, 1.82) is 0 Å². The molecule has 0 spiro atoms. The molecule has 1 aromatic rings. The molecule has 0 radical (unpaired) electrons. The van der Waals surface area contributed by atoms with Crippen molar-refractivity contribution >= 4 is 11.8 Å². The number of rotatable bonds is 3. The van der Waals surface area contributed by atoms with Crippen molar-refractivity contribution in [2.45, 2.75) is 51.7 Å². The number of carbonyl (C=O) groups excluding carboxylic acids is 2. The molecule has 2 fully saturated rings. The van der Waals surface area contributed by atoms with Crippen molar-refractivity contribution in [3.63, 3.8) is 0 Å². The molecule has 3 rings (SSSR count). The standard InChI is InChI=1S/C16H21N3O2/c1-10-5-4-6-13(17-10)9-19-11(2)14(20)18-16(3,15(19)21)12-7-8-12/h4-6,11-12H,7-9H2,1-3H3,(H,18,20). The molecular formula is C16H21N3O2. The number of hydrogen-bond acceptors (Lipinski definition) is 3. The van der Waals surface area contributed by atoms with Gasteiger partial charge in [0.25, 0.3) is 0 Å². The van der Waals surface area contributed by atoms with E-state index in [0.29, 0.717) is 6.54 Å². The minimum absolute atomic E-state index is 0.0143. The number of carbonyl (C=O) groups is 2. The highest BCUT2D eigenvalue weighted by Gasteiger charge is 2.54. The van der Waals surface area contributed by atoms with Gasteiger partial charge in [-0.3, -0.25) is 14.6 Å². The Morgan fingerprint density at radius 2 is 2.10 bits per heavy atom. The highest BCUT2D eigenvalue weighted by Crippen LogP contribution is 2.42. The summed E-state index contributed by atoms with van der Waals surface area (Å²) < 4.78 is 0. The number of nitrogens with one attached hydrogen (secondary N) is 1. The fourth-order valence-corrected chi connectivity index (χ4v) is 3.04. The zero-order valence-electron chi connectivity index (χ0n) is 12.7. The maximum Gasteiger partial charge on any atom is 0.249 e. The molecule has 1 aliphatic heterocycles. The van der Waals surface area contributed by atoms with Crippen LogP contribution in [0.25, 0.3) is 0 Å². The van der Waals surface area contributed by atoms with Crippen LogP contribution >= 0.6 is 0 Å². The lowest BCUT2D eigenvalue weighted by Gasteiger charge is -2.43. The fourth-order valence-electron chi connectivity index (χ4n) is 3.04. The van der Waals surface area contributed by atoms with Crippen LogP contribution in [0.15, 0.2) is 18.2 Å². The molecule has 2 unspecified atom stereocenters. The first-order chi connectivity index (χ1) is 9.91. The zero-order chi connectivity index (χ0) is 15.2. The molecular weight excluding hydrogens is 266 g/mol. The minimum Gasteiger partial charge on any atom is -0.340 e. The largest absolute Gasteiger partial charge is 0.340 e. The quantitative estimate of drug-likeness (QED) is 0.914. The third kappa shape index (κ3) is 2.41. The second kappa shape index (κ2) is 4.83. The third-order valence-corrected chi connectivity index (χ3v) is 4.61. The van der Waals surface area contributed by atoms with Crippen LogP contribution in [0.4, 0.5) is 0 Å². The average molecular weight is 287 g/mol. The molecule has 1 aliphatic carbocycles. The van der Waals surface area contributed by atoms with Gasteiger partial charge >= 0.3 is 0 Å². The second-order valence-electron chi connectivity index (χ2n) is 6.35. The summed E-state index contributed by atoms with van der Waals surface area (Å²) in [6.45, 7) is 5.94. The topological polar surface area (TPSA) is 62.3 Å². The van der Waals surface area contributed by atoms with E-state index in [-0.39, 0.29) is 17.7 Å². The van der Waals surface area contributed by atoms with Crippen molar-refractivity contribution in [2.75, 3.05) is 0 Å². The van der Waals surface area contributed by atoms with E-state index < -0.39 is 11.6 Å². The molecule has 112 valence electrons. The van der Waals surface area contributed by atoms with Crippen molar-refractivity contribution in [3.8, 4) is 0 Å². The van der Waals surface area contributed by atoms with Crippen LogP contribution in [0.5, 0.6) is 0 Å². The number of amides is 2. The highest BCUT2D eigenvalue weighted by atomic mass is 16.2. The summed E-state index contributed by atoms with van der Waals surface area (Å²) in [5.41, 5.74) is 0.995. The van der Waals surface area contributed by atoms with E-state index in [1.165, 1.54) is 0 Å². The number of nitrogens with zero attached hydrogens (tertiary/aromatic N) is 2. The molecule has 5 heteroatoms. The lowest BCUT2D eigenvalue weighted by atomic mass is 9.89. The van der Waals surface area contributed by atoms with Crippen LogP contribution in [-0.4, -0.2) is 33.3 Å². The van der Waals surface area contributed by atoms with Crippen LogP contribution in [0, 0.1) is 12.8 Å². The average Bonchev–Trinajstić information content (AvgIpc) is 3.26. The Labute approximate surface area is 124 Å². The van der Waals surface area contributed by atoms with E-state index in [1.807, 2.05) is 32.0 Å². The van der Waals surface area contributed by atoms with Crippen LogP contribution in [0.3, 0.4) is 0 Å². The van der Waals surface area contributed by atoms with E-state index in [0.717, 1.165) is 24.2 Å². The Hall–Kier alpha value is -1.91. The van der Waals surface area contributed by atoms with Crippen LogP contribution < -0.4 is 5.32 Å². The lowest BCUT2D eigenvalue weighted by molar-refractivity contribution is -0.155. The number of aryl methyl sites for hydroxylation is 1. The van der Waals surface area contributed by atoms with Gasteiger partial charge in [0.1, 0.15) is 11.6 Å². The molecule has 2 heterocycles. The molecule has 21 heavy (non-hydrogen) atoms. The van der Waals surface area contributed by atoms with Gasteiger partial charge in [-0.15, -0.1) is 0 Å². The van der Waals surface area contributed by atoms with Gasteiger partial charge in [0.15, 0.2) is 0 Å². The first-order valence-electron chi connectivity index (χ1n) is 7.47. The summed E-state index contributed by atoms with van der Waals surface area (Å²) in [6, 6.07) is 5.29. The smallest absolute Gasteiger partial charge is 0.249 e. The number of hydrogen-bond donors (Lipinski definition) is 1. The predicted molar refractivity (Wildman–Crippen MR) is 78.3 cm³/mol. The van der Waals surface area contributed by atoms with Gasteiger partial charge < -0.3 is 10.2 Å². The van der Waals surface area contributed by atoms with Gasteiger partial charge in [-0.25, -0.2) is 0 Å². The van der Waals surface area contributed by atoms with E-state index in [9.17, 15) is 9.59 Å². The number of piperazine rings is 1. The molecule has 2 atom stereocenters. The SMILES string of the molecule is Cc1cccc(CN2C(=O)C(C)(C3CC3)NC(=O)C2C)n1. The third-order valence-electron chi connectivity index (χ3n) is 4.61. The van der Waals surface area contributed by atoms with E-state index in [1.54, 1.807) is 11.8 Å². The summed E-state index contributed by atoms with van der Waals surface area (Å²) in [7, 11) is 0. The van der Waals surface area contributed by atoms with Gasteiger partial charge in [-0.2, -0.15) is 0 Å². The maximum absolute atomic E-state index is 12.9. The molecule has 5 nitrogen and oxygen atoms in total. The summed E-state index contributed by atoms with van der Waals surface area (Å²) in [5.74, 6) is 0.214. The maximum atomic E-state index is 12.9. The summed E-state index contributed by atoms with van der Waals surface area (Å²) in [5, 5.41) is 2.93. The normalized spacial score (nSPS) is 29.5. The molecule has 1 N–H and O–H groups in total. The molecule has 1 saturated heterocycles. The molecule has 2 aliphatic rings. The Morgan fingerprint density at radius 1 is 1.38 bits per heavy atom. The van der Waals surface area contributed by atoms with Crippen molar-refractivity contribution in [1.82, 2.24) is 15.2 Å². The Morgan fingerprint density at radius 3 is 2.71 bits per heavy atom. The molecule has 1 saturated carbocycles. The van der Waals surface area contributed by atoms with Gasteiger partial charge in [-0.05, 0) is 51.7 Å². The first-order valence-corrected chi connectivity index (χ1v) is 7.47. The highest BCUT2D eigenvalue weighted by molar-refractivity contribution is 5.99. The minimum atomic E-state index is -0.743. The molecule has 0 bridgehead atoms. The van der Waals surface area contributed by atoms with Crippen molar-refractivity contribution in [3.05, 3.63) is 29.6 Å². The van der Waals surface area contributed by atoms with Crippen LogP contribution in [0.1, 0.15) is 38.1 Å². The second-order valence-corrected chi connectivity index (χ2v) is 6.35. The zero-order valence-corrected chi connectivity index (χ0v) is 12.7. The Kier molecular flexibility index (Phi) is 3.23.